The van der Waals surface area contributed by atoms with E-state index in [2.05, 4.69) is 12.2 Å². The molecule has 0 aliphatic heterocycles. The fraction of sp³-hybridized carbons (Fsp3) is 0.889. The van der Waals surface area contributed by atoms with Crippen molar-refractivity contribution in [1.82, 2.24) is 10.2 Å². The van der Waals surface area contributed by atoms with Gasteiger partial charge >= 0.3 is 0 Å². The molecule has 1 rings (SSSR count). The first kappa shape index (κ1) is 9.52. The van der Waals surface area contributed by atoms with Gasteiger partial charge in [0.25, 0.3) is 0 Å². The lowest BCUT2D eigenvalue weighted by Gasteiger charge is -2.19. The monoisotopic (exact) mass is 170 g/mol. The average molecular weight is 170 g/mol. The van der Waals surface area contributed by atoms with E-state index in [4.69, 9.17) is 0 Å². The van der Waals surface area contributed by atoms with Crippen LogP contribution in [0.5, 0.6) is 0 Å². The first-order valence-electron chi connectivity index (χ1n) is 4.73. The summed E-state index contributed by atoms with van der Waals surface area (Å²) in [4.78, 5) is 13.5. The SMILES string of the molecule is CCN(C(=O)CCNC)C1CC1. The Hall–Kier alpha value is -0.570. The van der Waals surface area contributed by atoms with Gasteiger partial charge in [-0.3, -0.25) is 4.79 Å². The minimum atomic E-state index is 0.300. The van der Waals surface area contributed by atoms with Crippen LogP contribution in [0.2, 0.25) is 0 Å². The maximum Gasteiger partial charge on any atom is 0.224 e. The van der Waals surface area contributed by atoms with Crippen LogP contribution in [0.25, 0.3) is 0 Å². The molecule has 0 bridgehead atoms. The normalized spacial score (nSPS) is 16.2. The summed E-state index contributed by atoms with van der Waals surface area (Å²) in [6.45, 7) is 3.71. The first-order valence-corrected chi connectivity index (χ1v) is 4.73. The average Bonchev–Trinajstić information content (AvgIpc) is 2.86. The van der Waals surface area contributed by atoms with Gasteiger partial charge < -0.3 is 10.2 Å². The largest absolute Gasteiger partial charge is 0.340 e. The number of rotatable bonds is 5. The molecule has 0 atom stereocenters. The molecule has 0 radical (unpaired) electrons. The number of carbonyl (C=O) groups excluding carboxylic acids is 1. The number of amides is 1. The molecule has 0 aromatic rings. The van der Waals surface area contributed by atoms with Gasteiger partial charge in [-0.05, 0) is 26.8 Å². The van der Waals surface area contributed by atoms with Gasteiger partial charge in [0, 0.05) is 25.6 Å². The van der Waals surface area contributed by atoms with E-state index in [0.717, 1.165) is 13.1 Å². The van der Waals surface area contributed by atoms with Gasteiger partial charge in [0.2, 0.25) is 5.91 Å². The zero-order valence-electron chi connectivity index (χ0n) is 7.97. The Balaban J connectivity index is 2.26. The minimum absolute atomic E-state index is 0.300. The Morgan fingerprint density at radius 1 is 1.58 bits per heavy atom. The van der Waals surface area contributed by atoms with Gasteiger partial charge in [-0.25, -0.2) is 0 Å². The van der Waals surface area contributed by atoms with E-state index in [1.54, 1.807) is 0 Å². The van der Waals surface area contributed by atoms with Crippen LogP contribution in [0.15, 0.2) is 0 Å². The highest BCUT2D eigenvalue weighted by Crippen LogP contribution is 2.26. The molecule has 0 saturated heterocycles. The van der Waals surface area contributed by atoms with E-state index in [-0.39, 0.29) is 0 Å². The van der Waals surface area contributed by atoms with E-state index in [1.807, 2.05) is 11.9 Å². The summed E-state index contributed by atoms with van der Waals surface area (Å²) in [6, 6.07) is 0.569. The third-order valence-electron chi connectivity index (χ3n) is 2.24. The van der Waals surface area contributed by atoms with Crippen molar-refractivity contribution < 1.29 is 4.79 Å². The summed E-state index contributed by atoms with van der Waals surface area (Å²) in [6.07, 6.45) is 3.05. The highest BCUT2D eigenvalue weighted by molar-refractivity contribution is 5.77. The standard InChI is InChI=1S/C9H18N2O/c1-3-11(8-4-5-8)9(12)6-7-10-2/h8,10H,3-7H2,1-2H3. The number of nitrogens with zero attached hydrogens (tertiary/aromatic N) is 1. The molecule has 3 heteroatoms. The number of carbonyl (C=O) groups is 1. The van der Waals surface area contributed by atoms with Crippen LogP contribution < -0.4 is 5.32 Å². The zero-order valence-corrected chi connectivity index (χ0v) is 7.97. The summed E-state index contributed by atoms with van der Waals surface area (Å²) in [5, 5.41) is 2.99. The van der Waals surface area contributed by atoms with Gasteiger partial charge in [0.05, 0.1) is 0 Å². The second kappa shape index (κ2) is 4.45. The molecule has 0 unspecified atom stereocenters. The van der Waals surface area contributed by atoms with Crippen LogP contribution >= 0.6 is 0 Å². The molecule has 0 heterocycles. The zero-order chi connectivity index (χ0) is 8.97. The van der Waals surface area contributed by atoms with Gasteiger partial charge in [-0.2, -0.15) is 0 Å². The Bertz CT molecular complexity index is 155. The van der Waals surface area contributed by atoms with Crippen molar-refractivity contribution in [3.05, 3.63) is 0 Å². The van der Waals surface area contributed by atoms with Gasteiger partial charge in [-0.1, -0.05) is 0 Å². The van der Waals surface area contributed by atoms with Crippen molar-refractivity contribution in [2.24, 2.45) is 0 Å². The molecule has 0 spiro atoms. The maximum atomic E-state index is 11.5. The molecule has 1 aliphatic rings. The van der Waals surface area contributed by atoms with Crippen LogP contribution in [0.3, 0.4) is 0 Å². The van der Waals surface area contributed by atoms with E-state index >= 15 is 0 Å². The second-order valence-electron chi connectivity index (χ2n) is 3.26. The third kappa shape index (κ3) is 2.48. The molecule has 1 aliphatic carbocycles. The molecule has 0 aromatic heterocycles. The molecule has 1 fully saturated rings. The minimum Gasteiger partial charge on any atom is -0.340 e. The smallest absolute Gasteiger partial charge is 0.224 e. The van der Waals surface area contributed by atoms with Crippen LogP contribution in [0.1, 0.15) is 26.2 Å². The van der Waals surface area contributed by atoms with Gasteiger partial charge in [0.1, 0.15) is 0 Å². The van der Waals surface area contributed by atoms with E-state index < -0.39 is 0 Å². The van der Waals surface area contributed by atoms with Crippen molar-refractivity contribution in [1.29, 1.82) is 0 Å². The van der Waals surface area contributed by atoms with Crippen LogP contribution in [0, 0.1) is 0 Å². The van der Waals surface area contributed by atoms with Crippen LogP contribution in [-0.4, -0.2) is 37.0 Å². The van der Waals surface area contributed by atoms with E-state index in [1.165, 1.54) is 12.8 Å². The highest BCUT2D eigenvalue weighted by atomic mass is 16.2. The predicted molar refractivity (Wildman–Crippen MR) is 49.0 cm³/mol. The highest BCUT2D eigenvalue weighted by Gasteiger charge is 2.30. The van der Waals surface area contributed by atoms with Crippen molar-refractivity contribution in [2.75, 3.05) is 20.1 Å². The lowest BCUT2D eigenvalue weighted by molar-refractivity contribution is -0.131. The van der Waals surface area contributed by atoms with Gasteiger partial charge in [-0.15, -0.1) is 0 Å². The van der Waals surface area contributed by atoms with Crippen molar-refractivity contribution >= 4 is 5.91 Å². The second-order valence-corrected chi connectivity index (χ2v) is 3.26. The Kier molecular flexibility index (Phi) is 3.53. The molecule has 1 saturated carbocycles. The number of hydrogen-bond acceptors (Lipinski definition) is 2. The summed E-state index contributed by atoms with van der Waals surface area (Å²) in [5.41, 5.74) is 0. The topological polar surface area (TPSA) is 32.3 Å². The van der Waals surface area contributed by atoms with Crippen molar-refractivity contribution in [3.63, 3.8) is 0 Å². The molecule has 1 amide bonds. The van der Waals surface area contributed by atoms with E-state index in [9.17, 15) is 4.79 Å². The van der Waals surface area contributed by atoms with Crippen LogP contribution in [-0.2, 0) is 4.79 Å². The molecular formula is C9H18N2O. The Morgan fingerprint density at radius 3 is 2.67 bits per heavy atom. The number of nitrogens with one attached hydrogen (secondary N) is 1. The fourth-order valence-electron chi connectivity index (χ4n) is 1.40. The number of hydrogen-bond donors (Lipinski definition) is 1. The maximum absolute atomic E-state index is 11.5. The summed E-state index contributed by atoms with van der Waals surface area (Å²) < 4.78 is 0. The third-order valence-corrected chi connectivity index (χ3v) is 2.24. The summed E-state index contributed by atoms with van der Waals surface area (Å²) in [5.74, 6) is 0.300. The van der Waals surface area contributed by atoms with Crippen molar-refractivity contribution in [3.8, 4) is 0 Å². The lowest BCUT2D eigenvalue weighted by atomic mass is 10.3. The Labute approximate surface area is 74.1 Å². The molecule has 70 valence electrons. The molecule has 3 nitrogen and oxygen atoms in total. The quantitative estimate of drug-likeness (QED) is 0.655. The molecule has 12 heavy (non-hydrogen) atoms. The summed E-state index contributed by atoms with van der Waals surface area (Å²) >= 11 is 0. The summed E-state index contributed by atoms with van der Waals surface area (Å²) in [7, 11) is 1.88. The predicted octanol–water partition coefficient (Wildman–Crippen LogP) is 0.607. The first-order chi connectivity index (χ1) is 5.79. The Morgan fingerprint density at radius 2 is 2.25 bits per heavy atom. The van der Waals surface area contributed by atoms with Crippen LogP contribution in [0.4, 0.5) is 0 Å². The molecular weight excluding hydrogens is 152 g/mol. The van der Waals surface area contributed by atoms with Crippen molar-refractivity contribution in [2.45, 2.75) is 32.2 Å². The fourth-order valence-corrected chi connectivity index (χ4v) is 1.40. The molecule has 1 N–H and O–H groups in total. The molecule has 0 aromatic carbocycles. The van der Waals surface area contributed by atoms with Gasteiger partial charge in [0.15, 0.2) is 0 Å². The lowest BCUT2D eigenvalue weighted by Crippen LogP contribution is -2.34. The van der Waals surface area contributed by atoms with E-state index in [0.29, 0.717) is 18.4 Å².